The molecule has 114 heavy (non-hydrogen) atoms. The summed E-state index contributed by atoms with van der Waals surface area (Å²) in [7, 11) is 0. The summed E-state index contributed by atoms with van der Waals surface area (Å²) in [5, 5.41) is 2.43. The average molecular weight is 1630 g/mol. The second kappa shape index (κ2) is 52.3. The number of aromatic nitrogens is 4. The molecule has 8 aromatic rings. The van der Waals surface area contributed by atoms with E-state index in [1.54, 1.807) is 16.7 Å². The van der Waals surface area contributed by atoms with Crippen molar-refractivity contribution in [3.63, 3.8) is 0 Å². The van der Waals surface area contributed by atoms with Crippen molar-refractivity contribution in [1.29, 1.82) is 0 Å². The highest BCUT2D eigenvalue weighted by atomic mass is 32.1. The number of nitrogens with zero attached hydrogens (tertiary/aromatic N) is 4. The molecule has 0 bridgehead atoms. The number of rotatable bonds is 69. The molecule has 2 aliphatic rings. The van der Waals surface area contributed by atoms with Crippen LogP contribution in [0.4, 0.5) is 0 Å². The quantitative estimate of drug-likeness (QED) is 0.0354. The fourth-order valence-corrected chi connectivity index (χ4v) is 23.8. The summed E-state index contributed by atoms with van der Waals surface area (Å²) in [5.41, 5.74) is 18.7. The molecule has 10 heteroatoms. The van der Waals surface area contributed by atoms with Gasteiger partial charge >= 0.3 is 0 Å². The minimum Gasteiger partial charge on any atom is -0.491 e. The highest BCUT2D eigenvalue weighted by Gasteiger charge is 2.50. The van der Waals surface area contributed by atoms with Gasteiger partial charge in [0.05, 0.1) is 46.1 Å². The van der Waals surface area contributed by atoms with E-state index >= 15 is 0 Å². The van der Waals surface area contributed by atoms with E-state index in [9.17, 15) is 0 Å². The number of fused-ring (bicyclic) bond motifs is 12. The minimum absolute atomic E-state index is 0.123. The van der Waals surface area contributed by atoms with E-state index in [-0.39, 0.29) is 10.8 Å². The number of unbranched alkanes of at least 4 members (excludes halogenated alkanes) is 54. The molecule has 4 aromatic heterocycles. The lowest BCUT2D eigenvalue weighted by atomic mass is 9.68. The molecule has 0 unspecified atom stereocenters. The van der Waals surface area contributed by atoms with Gasteiger partial charge in [0.1, 0.15) is 33.6 Å². The van der Waals surface area contributed by atoms with Crippen LogP contribution < -0.4 is 9.47 Å². The summed E-state index contributed by atoms with van der Waals surface area (Å²) in [5.74, 6) is 2.11. The van der Waals surface area contributed by atoms with Gasteiger partial charge in [0.15, 0.2) is 0 Å². The third-order valence-electron chi connectivity index (χ3n) is 27.1. The normalized spacial score (nSPS) is 13.4. The van der Waals surface area contributed by atoms with Gasteiger partial charge in [0.25, 0.3) is 0 Å². The second-order valence-corrected chi connectivity index (χ2v) is 39.8. The van der Waals surface area contributed by atoms with Gasteiger partial charge in [-0.15, -0.1) is 22.7 Å². The number of hydrogen-bond acceptors (Lipinski definition) is 10. The van der Waals surface area contributed by atoms with Crippen molar-refractivity contribution < 1.29 is 9.47 Å². The zero-order chi connectivity index (χ0) is 79.7. The lowest BCUT2D eigenvalue weighted by Crippen LogP contribution is -2.27. The van der Waals surface area contributed by atoms with E-state index < -0.39 is 0 Å². The largest absolute Gasteiger partial charge is 0.491 e. The standard InChI is InChI=1S/C104H162N4O2S4/c1-9-15-21-27-33-37-41-45-49-53-57-63-69-103(70-64-58-54-50-46-42-38-34-28-22-16-10-2)88-78-84-89(77-83(88)93-90(103)75-81(7)95-97(93)107-113-105-95)104(71-65-59-55-51-47-43-39-35-29-23-17-11-3,72-66-60-56-52-48-44-40-36-30-24-18-12-4)91-79-85(96-98(94(84)91)108-114-106-96)92-80-87-100(110-74-68-62-32-26-20-14-6)101-86(76-82(8)111-101)99(102(87)112-92)109-73-67-61-31-25-19-13-5/h75-80H,9-74H2,1-8H3. The first kappa shape index (κ1) is 92.3. The van der Waals surface area contributed by atoms with Gasteiger partial charge in [-0.1, -0.05) is 420 Å². The van der Waals surface area contributed by atoms with Crippen molar-refractivity contribution in [3.8, 4) is 44.2 Å². The van der Waals surface area contributed by atoms with E-state index in [0.717, 1.165) is 72.5 Å². The van der Waals surface area contributed by atoms with E-state index in [4.69, 9.17) is 27.0 Å². The maximum atomic E-state index is 7.25. The first-order valence-electron chi connectivity index (χ1n) is 49.3. The SMILES string of the molecule is CCCCCCCCCCCCCCC1(CCCCCCCCCCCCCC)c2cc3c(cc2-c2c1cc(C)c1nsnc21)C(CCCCCCCCCCCCCC)(CCCCCCCCCCCCCC)c1cc(-c2cc4c(OCCCCCCCC)c5sc(C)cc5c(OCCCCCCCC)c4s2)c2nsnc2c1-3. The molecule has 0 radical (unpaired) electrons. The van der Waals surface area contributed by atoms with Crippen LogP contribution >= 0.6 is 46.1 Å². The average Bonchev–Trinajstić information content (AvgIpc) is 1.51. The van der Waals surface area contributed by atoms with Gasteiger partial charge in [-0.3, -0.25) is 0 Å². The minimum atomic E-state index is -0.211. The Bertz CT molecular complexity index is 3850. The maximum Gasteiger partial charge on any atom is 0.146 e. The Morgan fingerprint density at radius 3 is 0.886 bits per heavy atom. The number of hydrogen-bond donors (Lipinski definition) is 0. The number of thiophene rings is 2. The van der Waals surface area contributed by atoms with Crippen LogP contribution in [0.2, 0.25) is 0 Å². The Hall–Kier alpha value is -3.96. The van der Waals surface area contributed by atoms with Gasteiger partial charge in [-0.25, -0.2) is 0 Å². The summed E-state index contributed by atoms with van der Waals surface area (Å²) in [6, 6.07) is 16.1. The van der Waals surface area contributed by atoms with Crippen LogP contribution in [0, 0.1) is 13.8 Å². The first-order valence-corrected chi connectivity index (χ1v) is 52.4. The Morgan fingerprint density at radius 2 is 0.535 bits per heavy atom. The monoisotopic (exact) mass is 1630 g/mol. The molecule has 0 atom stereocenters. The Morgan fingerprint density at radius 1 is 0.263 bits per heavy atom. The summed E-state index contributed by atoms with van der Waals surface area (Å²) in [6.07, 6.45) is 85.0. The van der Waals surface area contributed by atoms with E-state index in [0.29, 0.717) is 0 Å². The molecular formula is C104H162N4O2S4. The predicted molar refractivity (Wildman–Crippen MR) is 507 cm³/mol. The molecule has 6 nitrogen and oxygen atoms in total. The molecule has 4 heterocycles. The Balaban J connectivity index is 1.09. The van der Waals surface area contributed by atoms with Gasteiger partial charge in [-0.2, -0.15) is 17.5 Å². The highest BCUT2D eigenvalue weighted by Crippen LogP contribution is 2.64. The summed E-state index contributed by atoms with van der Waals surface area (Å²) in [6.45, 7) is 20.1. The third kappa shape index (κ3) is 26.0. The van der Waals surface area contributed by atoms with Crippen LogP contribution in [0.1, 0.15) is 485 Å². The topological polar surface area (TPSA) is 70.0 Å². The molecular weight excluding hydrogens is 1470 g/mol. The fraction of sp³-hybridized carbons (Fsp3) is 0.731. The van der Waals surface area contributed by atoms with Crippen LogP contribution in [0.25, 0.3) is 74.9 Å². The van der Waals surface area contributed by atoms with Crippen molar-refractivity contribution in [2.45, 2.75) is 477 Å². The molecule has 0 saturated heterocycles. The molecule has 0 saturated carbocycles. The number of benzene rings is 4. The molecule has 634 valence electrons. The van der Waals surface area contributed by atoms with Gasteiger partial charge in [0.2, 0.25) is 0 Å². The first-order chi connectivity index (χ1) is 56.3. The van der Waals surface area contributed by atoms with Crippen molar-refractivity contribution in [2.24, 2.45) is 0 Å². The van der Waals surface area contributed by atoms with Crippen molar-refractivity contribution in [1.82, 2.24) is 17.5 Å². The van der Waals surface area contributed by atoms with Crippen molar-refractivity contribution in [2.75, 3.05) is 13.2 Å². The lowest BCUT2D eigenvalue weighted by Gasteiger charge is -2.35. The molecule has 2 aliphatic carbocycles. The molecule has 0 aliphatic heterocycles. The molecule has 0 spiro atoms. The van der Waals surface area contributed by atoms with Crippen molar-refractivity contribution >= 4 is 88.4 Å². The summed E-state index contributed by atoms with van der Waals surface area (Å²) < 4.78 is 38.8. The highest BCUT2D eigenvalue weighted by molar-refractivity contribution is 7.23. The van der Waals surface area contributed by atoms with E-state index in [1.165, 1.54) is 478 Å². The number of aryl methyl sites for hydroxylation is 2. The second-order valence-electron chi connectivity index (χ2n) is 36.4. The lowest BCUT2D eigenvalue weighted by molar-refractivity contribution is 0.307. The van der Waals surface area contributed by atoms with Crippen LogP contribution in [-0.2, 0) is 10.8 Å². The van der Waals surface area contributed by atoms with E-state index in [2.05, 4.69) is 91.8 Å². The predicted octanol–water partition coefficient (Wildman–Crippen LogP) is 36.8. The summed E-state index contributed by atoms with van der Waals surface area (Å²) in [4.78, 5) is 2.58. The molecule has 4 aromatic carbocycles. The van der Waals surface area contributed by atoms with Gasteiger partial charge in [-0.05, 0) is 122 Å². The van der Waals surface area contributed by atoms with Gasteiger partial charge in [0, 0.05) is 48.0 Å². The molecule has 0 N–H and O–H groups in total. The molecule has 0 amide bonds. The number of ether oxygens (including phenoxy) is 2. The van der Waals surface area contributed by atoms with Crippen LogP contribution in [0.3, 0.4) is 0 Å². The maximum absolute atomic E-state index is 7.25. The zero-order valence-electron chi connectivity index (χ0n) is 74.4. The van der Waals surface area contributed by atoms with Crippen LogP contribution in [-0.4, -0.2) is 30.7 Å². The smallest absolute Gasteiger partial charge is 0.146 e. The Kier molecular flexibility index (Phi) is 42.3. The Labute approximate surface area is 713 Å². The molecule has 0 fully saturated rings. The molecule has 10 rings (SSSR count). The van der Waals surface area contributed by atoms with Gasteiger partial charge < -0.3 is 9.47 Å². The van der Waals surface area contributed by atoms with Crippen LogP contribution in [0.15, 0.2) is 36.4 Å². The summed E-state index contributed by atoms with van der Waals surface area (Å²) >= 11 is 6.72. The van der Waals surface area contributed by atoms with Crippen LogP contribution in [0.5, 0.6) is 11.5 Å². The van der Waals surface area contributed by atoms with Crippen molar-refractivity contribution in [3.05, 3.63) is 69.1 Å². The zero-order valence-corrected chi connectivity index (χ0v) is 77.6. The third-order valence-corrected chi connectivity index (χ3v) is 30.4. The van der Waals surface area contributed by atoms with E-state index in [1.807, 2.05) is 22.7 Å². The fourth-order valence-electron chi connectivity index (χ4n) is 20.4.